The van der Waals surface area contributed by atoms with Gasteiger partial charge < -0.3 is 14.2 Å². The number of aromatic nitrogens is 1. The second kappa shape index (κ2) is 7.66. The van der Waals surface area contributed by atoms with Crippen LogP contribution in [0.3, 0.4) is 0 Å². The first-order chi connectivity index (χ1) is 11.3. The standard InChI is InChI=1S/C17H22N2O3S/c1-20-15-9-13(10-16(11-15)21-2)12-19-6-3-14(4-7-19)22-17-18-5-8-23-17/h5,8-11,14H,3-4,6-7,12H2,1-2H3. The quantitative estimate of drug-likeness (QED) is 0.812. The summed E-state index contributed by atoms with van der Waals surface area (Å²) in [5.74, 6) is 1.67. The van der Waals surface area contributed by atoms with Crippen molar-refractivity contribution >= 4 is 11.3 Å². The molecule has 0 atom stereocenters. The molecule has 0 radical (unpaired) electrons. The van der Waals surface area contributed by atoms with Gasteiger partial charge in [-0.25, -0.2) is 4.98 Å². The molecule has 0 amide bonds. The summed E-state index contributed by atoms with van der Waals surface area (Å²) in [5.41, 5.74) is 1.21. The van der Waals surface area contributed by atoms with Crippen molar-refractivity contribution in [1.82, 2.24) is 9.88 Å². The van der Waals surface area contributed by atoms with Gasteiger partial charge in [-0.05, 0) is 30.5 Å². The first-order valence-electron chi connectivity index (χ1n) is 7.77. The molecule has 1 saturated heterocycles. The Hall–Kier alpha value is -1.79. The maximum absolute atomic E-state index is 5.91. The Morgan fingerprint density at radius 3 is 2.39 bits per heavy atom. The zero-order chi connectivity index (χ0) is 16.1. The van der Waals surface area contributed by atoms with E-state index >= 15 is 0 Å². The molecule has 2 heterocycles. The minimum Gasteiger partial charge on any atom is -0.497 e. The van der Waals surface area contributed by atoms with Gasteiger partial charge in [-0.2, -0.15) is 0 Å². The van der Waals surface area contributed by atoms with Crippen LogP contribution in [-0.4, -0.2) is 43.3 Å². The summed E-state index contributed by atoms with van der Waals surface area (Å²) >= 11 is 1.55. The molecular formula is C17H22N2O3S. The Morgan fingerprint density at radius 2 is 1.83 bits per heavy atom. The summed E-state index contributed by atoms with van der Waals surface area (Å²) in [5, 5.41) is 2.72. The summed E-state index contributed by atoms with van der Waals surface area (Å²) < 4.78 is 16.6. The van der Waals surface area contributed by atoms with Crippen LogP contribution in [0, 0.1) is 0 Å². The van der Waals surface area contributed by atoms with Gasteiger partial charge in [-0.1, -0.05) is 11.3 Å². The first kappa shape index (κ1) is 16.1. The van der Waals surface area contributed by atoms with Crippen molar-refractivity contribution in [2.75, 3.05) is 27.3 Å². The number of hydrogen-bond donors (Lipinski definition) is 0. The van der Waals surface area contributed by atoms with E-state index in [-0.39, 0.29) is 6.10 Å². The van der Waals surface area contributed by atoms with E-state index in [1.54, 1.807) is 31.8 Å². The second-order valence-corrected chi connectivity index (χ2v) is 6.47. The molecule has 2 aromatic rings. The van der Waals surface area contributed by atoms with E-state index in [9.17, 15) is 0 Å². The van der Waals surface area contributed by atoms with Crippen molar-refractivity contribution in [2.24, 2.45) is 0 Å². The molecule has 6 heteroatoms. The molecule has 0 aliphatic carbocycles. The highest BCUT2D eigenvalue weighted by Crippen LogP contribution is 2.25. The number of ether oxygens (including phenoxy) is 3. The fourth-order valence-electron chi connectivity index (χ4n) is 2.81. The molecule has 0 unspecified atom stereocenters. The molecular weight excluding hydrogens is 312 g/mol. The van der Waals surface area contributed by atoms with Crippen molar-refractivity contribution < 1.29 is 14.2 Å². The lowest BCUT2D eigenvalue weighted by atomic mass is 10.1. The van der Waals surface area contributed by atoms with Crippen molar-refractivity contribution in [3.05, 3.63) is 35.3 Å². The SMILES string of the molecule is COc1cc(CN2CCC(Oc3nccs3)CC2)cc(OC)c1. The Kier molecular flexibility index (Phi) is 5.35. The predicted octanol–water partition coefficient (Wildman–Crippen LogP) is 3.20. The molecule has 23 heavy (non-hydrogen) atoms. The van der Waals surface area contributed by atoms with E-state index in [2.05, 4.69) is 22.0 Å². The second-order valence-electron chi connectivity index (χ2n) is 5.61. The van der Waals surface area contributed by atoms with Gasteiger partial charge in [0.25, 0.3) is 5.19 Å². The highest BCUT2D eigenvalue weighted by atomic mass is 32.1. The van der Waals surface area contributed by atoms with Gasteiger partial charge in [0.2, 0.25) is 0 Å². The van der Waals surface area contributed by atoms with Gasteiger partial charge in [0.05, 0.1) is 14.2 Å². The van der Waals surface area contributed by atoms with Gasteiger partial charge in [-0.3, -0.25) is 4.90 Å². The smallest absolute Gasteiger partial charge is 0.273 e. The number of hydrogen-bond acceptors (Lipinski definition) is 6. The molecule has 1 aliphatic heterocycles. The summed E-state index contributed by atoms with van der Waals surface area (Å²) in [4.78, 5) is 6.63. The summed E-state index contributed by atoms with van der Waals surface area (Å²) in [7, 11) is 3.36. The van der Waals surface area contributed by atoms with E-state index in [4.69, 9.17) is 14.2 Å². The molecule has 1 aromatic heterocycles. The molecule has 0 N–H and O–H groups in total. The molecule has 0 bridgehead atoms. The molecule has 1 fully saturated rings. The zero-order valence-corrected chi connectivity index (χ0v) is 14.3. The topological polar surface area (TPSA) is 43.8 Å². The number of nitrogens with zero attached hydrogens (tertiary/aromatic N) is 2. The average Bonchev–Trinajstić information content (AvgIpc) is 3.09. The third-order valence-electron chi connectivity index (χ3n) is 4.03. The van der Waals surface area contributed by atoms with Crippen LogP contribution in [0.4, 0.5) is 0 Å². The Labute approximate surface area is 140 Å². The number of benzene rings is 1. The first-order valence-corrected chi connectivity index (χ1v) is 8.65. The maximum atomic E-state index is 5.91. The van der Waals surface area contributed by atoms with Crippen LogP contribution in [0.1, 0.15) is 18.4 Å². The predicted molar refractivity (Wildman–Crippen MR) is 90.6 cm³/mol. The van der Waals surface area contributed by atoms with Crippen molar-refractivity contribution in [3.8, 4) is 16.7 Å². The van der Waals surface area contributed by atoms with Crippen molar-refractivity contribution in [3.63, 3.8) is 0 Å². The van der Waals surface area contributed by atoms with Crippen molar-refractivity contribution in [1.29, 1.82) is 0 Å². The molecule has 0 saturated carbocycles. The van der Waals surface area contributed by atoms with Crippen LogP contribution in [0.15, 0.2) is 29.8 Å². The van der Waals surface area contributed by atoms with Gasteiger partial charge >= 0.3 is 0 Å². The molecule has 0 spiro atoms. The monoisotopic (exact) mass is 334 g/mol. The van der Waals surface area contributed by atoms with Crippen LogP contribution < -0.4 is 14.2 Å². The van der Waals surface area contributed by atoms with Gasteiger partial charge in [0.1, 0.15) is 17.6 Å². The number of methoxy groups -OCH3 is 2. The largest absolute Gasteiger partial charge is 0.497 e. The normalized spacial score (nSPS) is 16.3. The van der Waals surface area contributed by atoms with E-state index in [0.29, 0.717) is 0 Å². The van der Waals surface area contributed by atoms with Crippen LogP contribution >= 0.6 is 11.3 Å². The van der Waals surface area contributed by atoms with E-state index < -0.39 is 0 Å². The summed E-state index contributed by atoms with van der Waals surface area (Å²) in [6, 6.07) is 6.04. The van der Waals surface area contributed by atoms with Gasteiger partial charge in [0.15, 0.2) is 0 Å². The zero-order valence-electron chi connectivity index (χ0n) is 13.5. The average molecular weight is 334 g/mol. The third kappa shape index (κ3) is 4.36. The van der Waals surface area contributed by atoms with E-state index in [1.807, 2.05) is 11.4 Å². The van der Waals surface area contributed by atoms with E-state index in [0.717, 1.165) is 49.2 Å². The summed E-state index contributed by atoms with van der Waals surface area (Å²) in [6.07, 6.45) is 4.12. The van der Waals surface area contributed by atoms with Crippen LogP contribution in [0.25, 0.3) is 0 Å². The van der Waals surface area contributed by atoms with Crippen LogP contribution in [0.5, 0.6) is 16.7 Å². The third-order valence-corrected chi connectivity index (χ3v) is 4.69. The highest BCUT2D eigenvalue weighted by molar-refractivity contribution is 7.11. The molecule has 1 aliphatic rings. The highest BCUT2D eigenvalue weighted by Gasteiger charge is 2.21. The number of piperidine rings is 1. The number of likely N-dealkylation sites (tertiary alicyclic amines) is 1. The lowest BCUT2D eigenvalue weighted by molar-refractivity contribution is 0.0964. The number of rotatable bonds is 6. The Morgan fingerprint density at radius 1 is 1.13 bits per heavy atom. The fourth-order valence-corrected chi connectivity index (χ4v) is 3.36. The van der Waals surface area contributed by atoms with Crippen molar-refractivity contribution in [2.45, 2.75) is 25.5 Å². The fraction of sp³-hybridized carbons (Fsp3) is 0.471. The Balaban J connectivity index is 1.54. The van der Waals surface area contributed by atoms with Crippen LogP contribution in [-0.2, 0) is 6.54 Å². The Bertz CT molecular complexity index is 588. The maximum Gasteiger partial charge on any atom is 0.273 e. The minimum absolute atomic E-state index is 0.275. The van der Waals surface area contributed by atoms with E-state index in [1.165, 1.54) is 5.56 Å². The number of thiazole rings is 1. The molecule has 1 aromatic carbocycles. The lowest BCUT2D eigenvalue weighted by Crippen LogP contribution is -2.37. The minimum atomic E-state index is 0.275. The van der Waals surface area contributed by atoms with Gasteiger partial charge in [-0.15, -0.1) is 0 Å². The van der Waals surface area contributed by atoms with Crippen LogP contribution in [0.2, 0.25) is 0 Å². The molecule has 5 nitrogen and oxygen atoms in total. The molecule has 124 valence electrons. The summed E-state index contributed by atoms with van der Waals surface area (Å²) in [6.45, 7) is 2.95. The molecule has 3 rings (SSSR count). The lowest BCUT2D eigenvalue weighted by Gasteiger charge is -2.31. The van der Waals surface area contributed by atoms with Gasteiger partial charge in [0, 0.05) is 37.3 Å².